The largest absolute Gasteiger partial charge is 0.456 e. The van der Waals surface area contributed by atoms with Crippen molar-refractivity contribution in [1.29, 1.82) is 0 Å². The summed E-state index contributed by atoms with van der Waals surface area (Å²) >= 11 is 0. The number of aromatic nitrogens is 1. The molecule has 0 spiro atoms. The number of benzene rings is 1. The molecule has 0 saturated heterocycles. The number of hydrogen-bond acceptors (Lipinski definition) is 3. The number of aryl methyl sites for hydroxylation is 1. The lowest BCUT2D eigenvalue weighted by Crippen LogP contribution is -2.45. The summed E-state index contributed by atoms with van der Waals surface area (Å²) in [6, 6.07) is 8.33. The van der Waals surface area contributed by atoms with Gasteiger partial charge in [-0.2, -0.15) is 0 Å². The highest BCUT2D eigenvalue weighted by Gasteiger charge is 2.28. The van der Waals surface area contributed by atoms with Gasteiger partial charge < -0.3 is 15.0 Å². The number of amides is 1. The number of hydrogen-bond donors (Lipinski definition) is 2. The number of carbonyl (C=O) groups is 2. The zero-order chi connectivity index (χ0) is 19.2. The summed E-state index contributed by atoms with van der Waals surface area (Å²) in [7, 11) is 0. The second-order valence-corrected chi connectivity index (χ2v) is 7.82. The van der Waals surface area contributed by atoms with Crippen LogP contribution in [0.4, 0.5) is 0 Å². The topological polar surface area (TPSA) is 71.2 Å². The van der Waals surface area contributed by atoms with Crippen LogP contribution < -0.4 is 5.32 Å². The zero-order valence-electron chi connectivity index (χ0n) is 16.3. The van der Waals surface area contributed by atoms with E-state index in [4.69, 9.17) is 4.74 Å². The van der Waals surface area contributed by atoms with Crippen molar-refractivity contribution in [2.75, 3.05) is 6.61 Å². The molecule has 0 aliphatic heterocycles. The number of rotatable bonds is 7. The SMILES string of the molecule is C[C@H]1[C@H](C)CCC[C@@H]1NC(=O)COC(=O)CCCc1c[nH]c2ccccc12. The molecule has 1 heterocycles. The molecule has 5 heteroatoms. The Labute approximate surface area is 160 Å². The van der Waals surface area contributed by atoms with E-state index >= 15 is 0 Å². The lowest BCUT2D eigenvalue weighted by Gasteiger charge is -2.34. The van der Waals surface area contributed by atoms with Gasteiger partial charge in [0.25, 0.3) is 5.91 Å². The van der Waals surface area contributed by atoms with E-state index in [9.17, 15) is 9.59 Å². The maximum Gasteiger partial charge on any atom is 0.306 e. The lowest BCUT2D eigenvalue weighted by molar-refractivity contribution is -0.149. The number of H-pyrrole nitrogens is 1. The van der Waals surface area contributed by atoms with E-state index < -0.39 is 0 Å². The Bertz CT molecular complexity index is 783. The molecule has 27 heavy (non-hydrogen) atoms. The van der Waals surface area contributed by atoms with Crippen LogP contribution in [0.1, 0.15) is 51.5 Å². The van der Waals surface area contributed by atoms with Crippen LogP contribution in [-0.2, 0) is 20.7 Å². The molecule has 1 aliphatic rings. The molecule has 0 unspecified atom stereocenters. The van der Waals surface area contributed by atoms with Gasteiger partial charge in [0, 0.05) is 29.6 Å². The predicted octanol–water partition coefficient (Wildman–Crippen LogP) is 3.97. The van der Waals surface area contributed by atoms with Crippen molar-refractivity contribution in [3.63, 3.8) is 0 Å². The molecular formula is C22H30N2O3. The molecule has 5 nitrogen and oxygen atoms in total. The van der Waals surface area contributed by atoms with E-state index in [0.717, 1.165) is 24.8 Å². The summed E-state index contributed by atoms with van der Waals surface area (Å²) in [5.41, 5.74) is 2.31. The maximum atomic E-state index is 12.1. The Morgan fingerprint density at radius 2 is 2.04 bits per heavy atom. The second kappa shape index (κ2) is 9.07. The van der Waals surface area contributed by atoms with E-state index in [2.05, 4.69) is 30.2 Å². The van der Waals surface area contributed by atoms with E-state index in [1.807, 2.05) is 24.4 Å². The molecule has 1 aromatic heterocycles. The van der Waals surface area contributed by atoms with Crippen LogP contribution in [0.2, 0.25) is 0 Å². The molecule has 1 aliphatic carbocycles. The molecule has 0 bridgehead atoms. The molecule has 2 N–H and O–H groups in total. The first-order valence-electron chi connectivity index (χ1n) is 10.0. The van der Waals surface area contributed by atoms with Crippen molar-refractivity contribution in [1.82, 2.24) is 10.3 Å². The Hall–Kier alpha value is -2.30. The first-order chi connectivity index (χ1) is 13.0. The minimum atomic E-state index is -0.310. The van der Waals surface area contributed by atoms with Gasteiger partial charge in [0.2, 0.25) is 0 Å². The molecule has 1 saturated carbocycles. The van der Waals surface area contributed by atoms with Crippen LogP contribution in [0.25, 0.3) is 10.9 Å². The van der Waals surface area contributed by atoms with Crippen molar-refractivity contribution >= 4 is 22.8 Å². The van der Waals surface area contributed by atoms with E-state index in [0.29, 0.717) is 24.7 Å². The molecule has 2 aromatic rings. The number of nitrogens with one attached hydrogen (secondary N) is 2. The van der Waals surface area contributed by atoms with Crippen molar-refractivity contribution in [2.24, 2.45) is 11.8 Å². The van der Waals surface area contributed by atoms with E-state index in [-0.39, 0.29) is 24.5 Å². The molecule has 1 amide bonds. The minimum absolute atomic E-state index is 0.177. The van der Waals surface area contributed by atoms with Crippen LogP contribution in [-0.4, -0.2) is 29.5 Å². The number of para-hydroxylation sites is 1. The zero-order valence-corrected chi connectivity index (χ0v) is 16.3. The molecule has 1 fully saturated rings. The summed E-state index contributed by atoms with van der Waals surface area (Å²) in [5.74, 6) is 0.590. The van der Waals surface area contributed by atoms with Gasteiger partial charge in [0.1, 0.15) is 0 Å². The van der Waals surface area contributed by atoms with Gasteiger partial charge in [-0.3, -0.25) is 9.59 Å². The third-order valence-corrected chi connectivity index (χ3v) is 5.92. The van der Waals surface area contributed by atoms with E-state index in [1.165, 1.54) is 17.4 Å². The fourth-order valence-corrected chi connectivity index (χ4v) is 4.01. The third kappa shape index (κ3) is 5.12. The van der Waals surface area contributed by atoms with Crippen LogP contribution in [0.5, 0.6) is 0 Å². The summed E-state index contributed by atoms with van der Waals surface area (Å²) in [6.07, 6.45) is 7.21. The molecule has 1 aromatic carbocycles. The normalized spacial score (nSPS) is 22.5. The number of ether oxygens (including phenoxy) is 1. The Balaban J connectivity index is 1.36. The summed E-state index contributed by atoms with van der Waals surface area (Å²) in [5, 5.41) is 4.23. The summed E-state index contributed by atoms with van der Waals surface area (Å²) < 4.78 is 5.16. The average molecular weight is 370 g/mol. The fourth-order valence-electron chi connectivity index (χ4n) is 4.01. The van der Waals surface area contributed by atoms with Crippen molar-refractivity contribution < 1.29 is 14.3 Å². The highest BCUT2D eigenvalue weighted by atomic mass is 16.5. The Morgan fingerprint density at radius 3 is 2.89 bits per heavy atom. The molecule has 0 radical (unpaired) electrons. The average Bonchev–Trinajstić information content (AvgIpc) is 3.07. The third-order valence-electron chi connectivity index (χ3n) is 5.92. The quantitative estimate of drug-likeness (QED) is 0.724. The second-order valence-electron chi connectivity index (χ2n) is 7.82. The number of esters is 1. The smallest absolute Gasteiger partial charge is 0.306 e. The molecule has 3 rings (SSSR count). The Morgan fingerprint density at radius 1 is 1.22 bits per heavy atom. The molecule has 146 valence electrons. The first-order valence-corrected chi connectivity index (χ1v) is 10.0. The predicted molar refractivity (Wildman–Crippen MR) is 106 cm³/mol. The van der Waals surface area contributed by atoms with Crippen LogP contribution in [0.15, 0.2) is 30.5 Å². The maximum absolute atomic E-state index is 12.1. The fraction of sp³-hybridized carbons (Fsp3) is 0.545. The van der Waals surface area contributed by atoms with Gasteiger partial charge in [-0.25, -0.2) is 0 Å². The Kier molecular flexibility index (Phi) is 6.54. The van der Waals surface area contributed by atoms with Gasteiger partial charge in [0.05, 0.1) is 0 Å². The first kappa shape index (κ1) is 19.5. The standard InChI is InChI=1S/C22H30N2O3/c1-15-7-5-11-19(16(15)2)24-21(25)14-27-22(26)12-6-8-17-13-23-20-10-4-3-9-18(17)20/h3-4,9-10,13,15-16,19,23H,5-8,11-12,14H2,1-2H3,(H,24,25)/t15-,16+,19+/m1/s1. The number of aromatic amines is 1. The van der Waals surface area contributed by atoms with Gasteiger partial charge in [-0.05, 0) is 42.7 Å². The van der Waals surface area contributed by atoms with Crippen molar-refractivity contribution in [2.45, 2.75) is 58.4 Å². The monoisotopic (exact) mass is 370 g/mol. The van der Waals surface area contributed by atoms with Crippen molar-refractivity contribution in [3.05, 3.63) is 36.0 Å². The summed E-state index contributed by atoms with van der Waals surface area (Å²) in [6.45, 7) is 4.24. The van der Waals surface area contributed by atoms with Crippen LogP contribution in [0, 0.1) is 11.8 Å². The highest BCUT2D eigenvalue weighted by molar-refractivity contribution is 5.83. The van der Waals surface area contributed by atoms with Crippen molar-refractivity contribution in [3.8, 4) is 0 Å². The molecule has 3 atom stereocenters. The van der Waals surface area contributed by atoms with Gasteiger partial charge >= 0.3 is 5.97 Å². The van der Waals surface area contributed by atoms with Crippen LogP contribution in [0.3, 0.4) is 0 Å². The number of fused-ring (bicyclic) bond motifs is 1. The lowest BCUT2D eigenvalue weighted by atomic mass is 9.78. The van der Waals surface area contributed by atoms with Crippen LogP contribution >= 0.6 is 0 Å². The number of carbonyl (C=O) groups excluding carboxylic acids is 2. The van der Waals surface area contributed by atoms with E-state index in [1.54, 1.807) is 0 Å². The van der Waals surface area contributed by atoms with Gasteiger partial charge in [-0.15, -0.1) is 0 Å². The molecular weight excluding hydrogens is 340 g/mol. The highest BCUT2D eigenvalue weighted by Crippen LogP contribution is 2.29. The van der Waals surface area contributed by atoms with Gasteiger partial charge in [-0.1, -0.05) is 44.9 Å². The van der Waals surface area contributed by atoms with Gasteiger partial charge in [0.15, 0.2) is 6.61 Å². The minimum Gasteiger partial charge on any atom is -0.456 e. The summed E-state index contributed by atoms with van der Waals surface area (Å²) in [4.78, 5) is 27.3.